The van der Waals surface area contributed by atoms with Gasteiger partial charge in [-0.2, -0.15) is 0 Å². The minimum atomic E-state index is 0.710. The predicted molar refractivity (Wildman–Crippen MR) is 191 cm³/mol. The van der Waals surface area contributed by atoms with Gasteiger partial charge in [0.2, 0.25) is 0 Å². The van der Waals surface area contributed by atoms with Crippen LogP contribution >= 0.6 is 0 Å². The van der Waals surface area contributed by atoms with Crippen molar-refractivity contribution in [3.05, 3.63) is 158 Å². The third-order valence-corrected chi connectivity index (χ3v) is 9.32. The number of pyridine rings is 1. The van der Waals surface area contributed by atoms with Gasteiger partial charge in [-0.05, 0) is 53.9 Å². The van der Waals surface area contributed by atoms with Gasteiger partial charge >= 0.3 is 0 Å². The van der Waals surface area contributed by atoms with Crippen molar-refractivity contribution < 1.29 is 0 Å². The SMILES string of the molecule is c1ccc(-c2ccnc(-c3cccc(-n4c5ccccc5c5cc6c7ccccc7c7cc8ccccc8n7c6cc54)c3)n2)cc1. The lowest BCUT2D eigenvalue weighted by atomic mass is 10.0. The largest absolute Gasteiger partial charge is 0.309 e. The maximum atomic E-state index is 4.96. The van der Waals surface area contributed by atoms with E-state index in [0.29, 0.717) is 5.82 Å². The summed E-state index contributed by atoms with van der Waals surface area (Å²) in [5.41, 5.74) is 10.0. The monoisotopic (exact) mass is 586 g/mol. The summed E-state index contributed by atoms with van der Waals surface area (Å²) < 4.78 is 4.83. The third kappa shape index (κ3) is 3.61. The molecule has 0 N–H and O–H groups in total. The normalized spacial score (nSPS) is 11.9. The number of para-hydroxylation sites is 2. The van der Waals surface area contributed by atoms with E-state index in [1.54, 1.807) is 0 Å². The molecule has 10 rings (SSSR count). The quantitative estimate of drug-likeness (QED) is 0.193. The Hall–Kier alpha value is -6.26. The van der Waals surface area contributed by atoms with Gasteiger partial charge in [0, 0.05) is 49.9 Å². The van der Waals surface area contributed by atoms with Crippen LogP contribution in [0.4, 0.5) is 0 Å². The van der Waals surface area contributed by atoms with Crippen LogP contribution in [-0.4, -0.2) is 18.9 Å². The third-order valence-electron chi connectivity index (χ3n) is 9.32. The number of rotatable bonds is 3. The first-order valence-electron chi connectivity index (χ1n) is 15.6. The Morgan fingerprint density at radius 1 is 0.413 bits per heavy atom. The minimum absolute atomic E-state index is 0.710. The Morgan fingerprint density at radius 2 is 1.09 bits per heavy atom. The van der Waals surface area contributed by atoms with Crippen molar-refractivity contribution in [1.82, 2.24) is 18.9 Å². The molecular formula is C42H26N4. The van der Waals surface area contributed by atoms with Crippen LogP contribution < -0.4 is 0 Å². The van der Waals surface area contributed by atoms with Crippen molar-refractivity contribution >= 4 is 59.9 Å². The Balaban J connectivity index is 1.27. The van der Waals surface area contributed by atoms with E-state index < -0.39 is 0 Å². The van der Waals surface area contributed by atoms with E-state index in [0.717, 1.165) is 22.5 Å². The van der Waals surface area contributed by atoms with Crippen LogP contribution in [0.25, 0.3) is 88.2 Å². The maximum absolute atomic E-state index is 4.96. The van der Waals surface area contributed by atoms with Crippen LogP contribution in [0.2, 0.25) is 0 Å². The van der Waals surface area contributed by atoms with E-state index >= 15 is 0 Å². The summed E-state index contributed by atoms with van der Waals surface area (Å²) in [6, 6.07) is 54.1. The summed E-state index contributed by atoms with van der Waals surface area (Å²) in [6.07, 6.45) is 1.85. The van der Waals surface area contributed by atoms with Crippen molar-refractivity contribution in [2.75, 3.05) is 0 Å². The molecule has 10 aromatic rings. The number of hydrogen-bond acceptors (Lipinski definition) is 2. The zero-order valence-corrected chi connectivity index (χ0v) is 24.8. The number of nitrogens with zero attached hydrogens (tertiary/aromatic N) is 4. The molecule has 0 spiro atoms. The van der Waals surface area contributed by atoms with Crippen LogP contribution in [0.1, 0.15) is 0 Å². The van der Waals surface area contributed by atoms with E-state index in [9.17, 15) is 0 Å². The summed E-state index contributed by atoms with van der Waals surface area (Å²) in [6.45, 7) is 0. The minimum Gasteiger partial charge on any atom is -0.309 e. The van der Waals surface area contributed by atoms with Crippen molar-refractivity contribution in [3.8, 4) is 28.3 Å². The van der Waals surface area contributed by atoms with Crippen molar-refractivity contribution in [2.45, 2.75) is 0 Å². The molecule has 4 heterocycles. The zero-order chi connectivity index (χ0) is 30.2. The van der Waals surface area contributed by atoms with Crippen LogP contribution in [0.5, 0.6) is 0 Å². The summed E-state index contributed by atoms with van der Waals surface area (Å²) in [5.74, 6) is 0.710. The average molecular weight is 587 g/mol. The zero-order valence-electron chi connectivity index (χ0n) is 24.8. The standard InChI is InChI=1S/C42H26N4/c1-2-11-27(12-3-1)36-21-22-43-42(44-36)29-14-10-15-30(23-29)45-38-20-9-7-18-33(38)35-25-34-31-16-5-6-17-32(31)39-24-28-13-4-8-19-37(28)46(39)41(34)26-40(35)45/h1-26H. The predicted octanol–water partition coefficient (Wildman–Crippen LogP) is 10.6. The highest BCUT2D eigenvalue weighted by atomic mass is 15.0. The first-order chi connectivity index (χ1) is 22.8. The van der Waals surface area contributed by atoms with Gasteiger partial charge in [-0.25, -0.2) is 9.97 Å². The lowest BCUT2D eigenvalue weighted by molar-refractivity contribution is 1.16. The summed E-state index contributed by atoms with van der Waals surface area (Å²) >= 11 is 0. The van der Waals surface area contributed by atoms with E-state index in [1.807, 2.05) is 30.5 Å². The average Bonchev–Trinajstić information content (AvgIpc) is 3.68. The molecule has 46 heavy (non-hydrogen) atoms. The molecule has 0 radical (unpaired) electrons. The van der Waals surface area contributed by atoms with E-state index in [2.05, 4.69) is 141 Å². The van der Waals surface area contributed by atoms with Crippen molar-refractivity contribution in [1.29, 1.82) is 0 Å². The summed E-state index contributed by atoms with van der Waals surface area (Å²) in [4.78, 5) is 9.65. The van der Waals surface area contributed by atoms with Crippen molar-refractivity contribution in [2.24, 2.45) is 0 Å². The summed E-state index contributed by atoms with van der Waals surface area (Å²) in [5, 5.41) is 7.49. The smallest absolute Gasteiger partial charge is 0.159 e. The maximum Gasteiger partial charge on any atom is 0.159 e. The molecular weight excluding hydrogens is 560 g/mol. The lowest BCUT2D eigenvalue weighted by Crippen LogP contribution is -1.97. The van der Waals surface area contributed by atoms with Crippen LogP contribution in [0.3, 0.4) is 0 Å². The molecule has 0 unspecified atom stereocenters. The van der Waals surface area contributed by atoms with Crippen LogP contribution in [-0.2, 0) is 0 Å². The second-order valence-electron chi connectivity index (χ2n) is 11.9. The molecule has 214 valence electrons. The van der Waals surface area contributed by atoms with Gasteiger partial charge < -0.3 is 8.97 Å². The number of fused-ring (bicyclic) bond motifs is 11. The molecule has 0 saturated carbocycles. The molecule has 0 aliphatic rings. The molecule has 4 nitrogen and oxygen atoms in total. The molecule has 0 saturated heterocycles. The number of benzene rings is 6. The van der Waals surface area contributed by atoms with Gasteiger partial charge in [-0.3, -0.25) is 0 Å². The second-order valence-corrected chi connectivity index (χ2v) is 11.9. The highest BCUT2D eigenvalue weighted by Crippen LogP contribution is 2.40. The van der Waals surface area contributed by atoms with Gasteiger partial charge in [0.05, 0.1) is 33.3 Å². The molecule has 0 amide bonds. The lowest BCUT2D eigenvalue weighted by Gasteiger charge is -2.13. The first-order valence-corrected chi connectivity index (χ1v) is 15.6. The van der Waals surface area contributed by atoms with E-state index in [-0.39, 0.29) is 0 Å². The van der Waals surface area contributed by atoms with Gasteiger partial charge in [-0.15, -0.1) is 0 Å². The number of hydrogen-bond donors (Lipinski definition) is 0. The van der Waals surface area contributed by atoms with Crippen LogP contribution in [0, 0.1) is 0 Å². The molecule has 4 heteroatoms. The van der Waals surface area contributed by atoms with Crippen LogP contribution in [0.15, 0.2) is 158 Å². The van der Waals surface area contributed by atoms with Gasteiger partial charge in [-0.1, -0.05) is 103 Å². The Morgan fingerprint density at radius 3 is 1.96 bits per heavy atom. The molecule has 0 bridgehead atoms. The summed E-state index contributed by atoms with van der Waals surface area (Å²) in [7, 11) is 0. The molecule has 0 aliphatic heterocycles. The van der Waals surface area contributed by atoms with Gasteiger partial charge in [0.25, 0.3) is 0 Å². The molecule has 0 atom stereocenters. The molecule has 4 aromatic heterocycles. The first kappa shape index (κ1) is 25.1. The molecule has 0 fully saturated rings. The van der Waals surface area contributed by atoms with Crippen molar-refractivity contribution in [3.63, 3.8) is 0 Å². The second kappa shape index (κ2) is 9.62. The van der Waals surface area contributed by atoms with E-state index in [4.69, 9.17) is 4.98 Å². The fourth-order valence-electron chi connectivity index (χ4n) is 7.29. The molecule has 6 aromatic carbocycles. The van der Waals surface area contributed by atoms with Gasteiger partial charge in [0.1, 0.15) is 0 Å². The highest BCUT2D eigenvalue weighted by molar-refractivity contribution is 6.21. The number of aromatic nitrogens is 4. The van der Waals surface area contributed by atoms with Gasteiger partial charge in [0.15, 0.2) is 5.82 Å². The fraction of sp³-hybridized carbons (Fsp3) is 0. The fourth-order valence-corrected chi connectivity index (χ4v) is 7.29. The Kier molecular flexibility index (Phi) is 5.25. The van der Waals surface area contributed by atoms with E-state index in [1.165, 1.54) is 59.9 Å². The Labute approximate surface area is 264 Å². The Bertz CT molecular complexity index is 2810. The molecule has 0 aliphatic carbocycles. The highest BCUT2D eigenvalue weighted by Gasteiger charge is 2.18. The topological polar surface area (TPSA) is 35.1 Å².